The molecule has 1 aliphatic heterocycles. The van der Waals surface area contributed by atoms with Crippen LogP contribution >= 0.6 is 0 Å². The van der Waals surface area contributed by atoms with Gasteiger partial charge in [0.2, 0.25) is 0 Å². The Labute approximate surface area is 232 Å². The van der Waals surface area contributed by atoms with Gasteiger partial charge in [-0.05, 0) is 41.2 Å². The number of hydrogen-bond donors (Lipinski definition) is 1. The summed E-state index contributed by atoms with van der Waals surface area (Å²) in [5, 5.41) is 4.87. The number of halogens is 2. The summed E-state index contributed by atoms with van der Waals surface area (Å²) >= 11 is 0. The van der Waals surface area contributed by atoms with Crippen LogP contribution in [0.3, 0.4) is 0 Å². The van der Waals surface area contributed by atoms with Gasteiger partial charge < -0.3 is 14.4 Å². The lowest BCUT2D eigenvalue weighted by atomic mass is 9.69. The Balaban J connectivity index is 1.32. The molecule has 5 rings (SSSR count). The maximum Gasteiger partial charge on any atom is 0.185 e. The fourth-order valence-electron chi connectivity index (χ4n) is 6.11. The van der Waals surface area contributed by atoms with Crippen molar-refractivity contribution in [2.24, 2.45) is 11.3 Å². The van der Waals surface area contributed by atoms with E-state index in [9.17, 15) is 18.4 Å². The molecule has 4 aromatic rings. The first-order valence-electron chi connectivity index (χ1n) is 13.6. The summed E-state index contributed by atoms with van der Waals surface area (Å²) in [5.41, 5.74) is 1.000. The number of aromatic amines is 1. The Morgan fingerprint density at radius 2 is 1.90 bits per heavy atom. The van der Waals surface area contributed by atoms with Crippen LogP contribution in [-0.4, -0.2) is 51.2 Å². The van der Waals surface area contributed by atoms with Crippen LogP contribution in [0.1, 0.15) is 63.0 Å². The van der Waals surface area contributed by atoms with E-state index in [1.165, 1.54) is 12.1 Å². The highest BCUT2D eigenvalue weighted by molar-refractivity contribution is 5.96. The van der Waals surface area contributed by atoms with Crippen LogP contribution in [-0.2, 0) is 10.2 Å². The number of nitrogens with zero attached hydrogens (tertiary/aromatic N) is 3. The van der Waals surface area contributed by atoms with Gasteiger partial charge in [-0.1, -0.05) is 32.9 Å². The highest BCUT2D eigenvalue weighted by Gasteiger charge is 2.46. The lowest BCUT2D eigenvalue weighted by Crippen LogP contribution is -2.58. The molecule has 1 aliphatic rings. The molecule has 9 heteroatoms. The summed E-state index contributed by atoms with van der Waals surface area (Å²) < 4.78 is 32.8. The molecule has 0 unspecified atom stereocenters. The number of pyridine rings is 1. The number of ketones is 2. The van der Waals surface area contributed by atoms with E-state index in [1.54, 1.807) is 6.20 Å². The normalized spacial score (nSPS) is 15.5. The van der Waals surface area contributed by atoms with Crippen molar-refractivity contribution in [3.63, 3.8) is 0 Å². The third-order valence-corrected chi connectivity index (χ3v) is 7.67. The highest BCUT2D eigenvalue weighted by Crippen LogP contribution is 2.41. The number of rotatable bonds is 11. The molecule has 0 spiro atoms. The second-order valence-electron chi connectivity index (χ2n) is 12.2. The minimum absolute atomic E-state index is 0.0273. The molecule has 0 saturated carbocycles. The van der Waals surface area contributed by atoms with Gasteiger partial charge in [-0.2, -0.15) is 0 Å². The summed E-state index contributed by atoms with van der Waals surface area (Å²) in [7, 11) is 0. The van der Waals surface area contributed by atoms with E-state index >= 15 is 0 Å². The number of Topliss-reactive ketones (excluding diaryl/α,β-unsaturated/α-hetero) is 2. The second-order valence-corrected chi connectivity index (χ2v) is 12.2. The average molecular weight is 549 g/mol. The number of fused-ring (bicyclic) bond motifs is 1. The largest absolute Gasteiger partial charge is 0.355 e. The van der Waals surface area contributed by atoms with Crippen LogP contribution in [0.25, 0.3) is 22.4 Å². The molecule has 0 bridgehead atoms. The van der Waals surface area contributed by atoms with Gasteiger partial charge >= 0.3 is 0 Å². The minimum atomic E-state index is -0.797. The van der Waals surface area contributed by atoms with Crippen LogP contribution in [0, 0.1) is 23.0 Å². The fraction of sp³-hybridized carbons (Fsp3) is 0.419. The molecule has 0 aliphatic carbocycles. The third-order valence-electron chi connectivity index (χ3n) is 7.67. The lowest BCUT2D eigenvalue weighted by molar-refractivity contribution is -0.126. The maximum atomic E-state index is 14.2. The first-order valence-corrected chi connectivity index (χ1v) is 13.6. The molecule has 1 saturated heterocycles. The van der Waals surface area contributed by atoms with Crippen molar-refractivity contribution < 1.29 is 22.9 Å². The molecular formula is C31H34F2N4O3. The lowest BCUT2D eigenvalue weighted by Gasteiger charge is -2.50. The Kier molecular flexibility index (Phi) is 7.44. The van der Waals surface area contributed by atoms with Crippen molar-refractivity contribution in [1.82, 2.24) is 20.0 Å². The zero-order valence-electron chi connectivity index (χ0n) is 23.3. The number of nitrogens with one attached hydrogen (secondary N) is 1. The Morgan fingerprint density at radius 1 is 1.12 bits per heavy atom. The molecule has 1 aromatic carbocycles. The summed E-state index contributed by atoms with van der Waals surface area (Å²) in [6.45, 7) is 10.6. The molecule has 210 valence electrons. The highest BCUT2D eigenvalue weighted by atomic mass is 19.1. The predicted molar refractivity (Wildman–Crippen MR) is 148 cm³/mol. The van der Waals surface area contributed by atoms with Crippen molar-refractivity contribution in [1.29, 1.82) is 0 Å². The van der Waals surface area contributed by atoms with Gasteiger partial charge in [0, 0.05) is 74.2 Å². The molecule has 4 heterocycles. The van der Waals surface area contributed by atoms with E-state index < -0.39 is 22.5 Å². The summed E-state index contributed by atoms with van der Waals surface area (Å²) in [4.78, 5) is 36.7. The van der Waals surface area contributed by atoms with Crippen molar-refractivity contribution in [2.75, 3.05) is 19.6 Å². The van der Waals surface area contributed by atoms with Gasteiger partial charge in [0.1, 0.15) is 28.8 Å². The van der Waals surface area contributed by atoms with Crippen LogP contribution in [0.4, 0.5) is 8.78 Å². The first kappa shape index (κ1) is 27.8. The number of carbonyl (C=O) groups excluding carboxylic acids is 2. The quantitative estimate of drug-likeness (QED) is 0.220. The number of aromatic nitrogens is 3. The van der Waals surface area contributed by atoms with E-state index in [1.807, 2.05) is 18.3 Å². The predicted octanol–water partition coefficient (Wildman–Crippen LogP) is 6.35. The smallest absolute Gasteiger partial charge is 0.185 e. The minimum Gasteiger partial charge on any atom is -0.355 e. The number of hydrogen-bond acceptors (Lipinski definition) is 6. The van der Waals surface area contributed by atoms with Crippen molar-refractivity contribution >= 4 is 22.6 Å². The van der Waals surface area contributed by atoms with Crippen LogP contribution in [0.2, 0.25) is 0 Å². The van der Waals surface area contributed by atoms with Crippen molar-refractivity contribution in [2.45, 2.75) is 52.4 Å². The van der Waals surface area contributed by atoms with Gasteiger partial charge in [-0.15, -0.1) is 0 Å². The van der Waals surface area contributed by atoms with E-state index in [0.717, 1.165) is 35.3 Å². The summed E-state index contributed by atoms with van der Waals surface area (Å²) in [5.74, 6) is -1.16. The van der Waals surface area contributed by atoms with Gasteiger partial charge in [0.05, 0.1) is 5.56 Å². The average Bonchev–Trinajstić information content (AvgIpc) is 3.52. The number of H-pyrrole nitrogens is 1. The zero-order chi connectivity index (χ0) is 28.7. The standard InChI is InChI=1S/C31H34F2N4O3/c1-19(2)16-37-17-31(18-37,14-21(38)13-30(3,4)24-8-10-35-29-22(24)7-9-34-29)15-27(39)26-12-28(40-36-26)23-6-5-20(32)11-25(23)33/h5-12,19H,13-18H2,1-4H3,(H,34,35). The molecule has 0 amide bonds. The van der Waals surface area contributed by atoms with Gasteiger partial charge in [-0.25, -0.2) is 13.8 Å². The van der Waals surface area contributed by atoms with E-state index in [4.69, 9.17) is 4.52 Å². The van der Waals surface area contributed by atoms with Crippen LogP contribution in [0.5, 0.6) is 0 Å². The monoisotopic (exact) mass is 548 g/mol. The van der Waals surface area contributed by atoms with Crippen molar-refractivity contribution in [3.05, 3.63) is 71.7 Å². The van der Waals surface area contributed by atoms with Crippen LogP contribution in [0.15, 0.2) is 53.3 Å². The van der Waals surface area contributed by atoms with Crippen LogP contribution < -0.4 is 0 Å². The topological polar surface area (TPSA) is 92.1 Å². The Morgan fingerprint density at radius 3 is 2.62 bits per heavy atom. The molecule has 7 nitrogen and oxygen atoms in total. The second kappa shape index (κ2) is 10.7. The Hall–Kier alpha value is -3.72. The molecule has 0 atom stereocenters. The zero-order valence-corrected chi connectivity index (χ0v) is 23.3. The third kappa shape index (κ3) is 5.75. The van der Waals surface area contributed by atoms with Gasteiger partial charge in [0.15, 0.2) is 11.5 Å². The molecule has 3 aromatic heterocycles. The number of likely N-dealkylation sites (tertiary alicyclic amines) is 1. The van der Waals surface area contributed by atoms with Gasteiger partial charge in [0.25, 0.3) is 0 Å². The molecule has 1 fully saturated rings. The number of carbonyl (C=O) groups is 2. The first-order chi connectivity index (χ1) is 18.9. The van der Waals surface area contributed by atoms with Gasteiger partial charge in [-0.3, -0.25) is 9.59 Å². The molecule has 40 heavy (non-hydrogen) atoms. The summed E-state index contributed by atoms with van der Waals surface area (Å²) in [6.07, 6.45) is 4.32. The SMILES string of the molecule is CC(C)CN1CC(CC(=O)CC(C)(C)c2ccnc3[nH]ccc23)(CC(=O)c2cc(-c3ccc(F)cc3F)on2)C1. The fourth-order valence-corrected chi connectivity index (χ4v) is 6.11. The summed E-state index contributed by atoms with van der Waals surface area (Å²) in [6, 6.07) is 8.45. The maximum absolute atomic E-state index is 14.2. The van der Waals surface area contributed by atoms with E-state index in [-0.39, 0.29) is 41.4 Å². The number of benzene rings is 1. The van der Waals surface area contributed by atoms with Crippen molar-refractivity contribution in [3.8, 4) is 11.3 Å². The van der Waals surface area contributed by atoms with E-state index in [2.05, 4.69) is 47.7 Å². The molecule has 1 N–H and O–H groups in total. The molecule has 0 radical (unpaired) electrons. The molecular weight excluding hydrogens is 514 g/mol. The van der Waals surface area contributed by atoms with E-state index in [0.29, 0.717) is 25.4 Å². The Bertz CT molecular complexity index is 1550.